The summed E-state index contributed by atoms with van der Waals surface area (Å²) in [6.45, 7) is 0.945. The fourth-order valence-electron chi connectivity index (χ4n) is 1.63. The number of hydrogen-bond acceptors (Lipinski definition) is 1. The van der Waals surface area contributed by atoms with Crippen molar-refractivity contribution in [1.82, 2.24) is 4.57 Å². The Balaban J connectivity index is 2.50. The molecular formula is C8H10N2O. The van der Waals surface area contributed by atoms with Crippen LogP contribution in [0.2, 0.25) is 0 Å². The molecule has 2 heterocycles. The van der Waals surface area contributed by atoms with Crippen molar-refractivity contribution in [3.05, 3.63) is 23.5 Å². The lowest BCUT2D eigenvalue weighted by atomic mass is 10.3. The van der Waals surface area contributed by atoms with Gasteiger partial charge in [0.15, 0.2) is 0 Å². The van der Waals surface area contributed by atoms with Crippen LogP contribution in [0.5, 0.6) is 0 Å². The third kappa shape index (κ3) is 0.843. The van der Waals surface area contributed by atoms with Gasteiger partial charge in [-0.2, -0.15) is 0 Å². The monoisotopic (exact) mass is 150 g/mol. The summed E-state index contributed by atoms with van der Waals surface area (Å²) < 4.78 is 2.00. The maximum absolute atomic E-state index is 10.8. The van der Waals surface area contributed by atoms with Crippen LogP contribution < -0.4 is 5.73 Å². The lowest BCUT2D eigenvalue weighted by molar-refractivity contribution is 0.0992. The summed E-state index contributed by atoms with van der Waals surface area (Å²) >= 11 is 0. The second-order valence-electron chi connectivity index (χ2n) is 2.83. The van der Waals surface area contributed by atoms with Gasteiger partial charge in [0, 0.05) is 12.2 Å². The van der Waals surface area contributed by atoms with Gasteiger partial charge in [0.1, 0.15) is 5.69 Å². The SMILES string of the molecule is NC(=O)c1ccc2n1CCC2. The highest BCUT2D eigenvalue weighted by Crippen LogP contribution is 2.18. The molecule has 0 aliphatic carbocycles. The van der Waals surface area contributed by atoms with Crippen molar-refractivity contribution in [1.29, 1.82) is 0 Å². The fourth-order valence-corrected chi connectivity index (χ4v) is 1.63. The molecule has 0 bridgehead atoms. The van der Waals surface area contributed by atoms with E-state index in [1.54, 1.807) is 6.07 Å². The lowest BCUT2D eigenvalue weighted by Gasteiger charge is -2.00. The molecule has 3 nitrogen and oxygen atoms in total. The van der Waals surface area contributed by atoms with Crippen LogP contribution in [0.3, 0.4) is 0 Å². The highest BCUT2D eigenvalue weighted by Gasteiger charge is 2.15. The molecule has 58 valence electrons. The van der Waals surface area contributed by atoms with Gasteiger partial charge in [-0.1, -0.05) is 0 Å². The van der Waals surface area contributed by atoms with Gasteiger partial charge in [0.05, 0.1) is 0 Å². The minimum atomic E-state index is -0.321. The van der Waals surface area contributed by atoms with E-state index in [1.807, 2.05) is 10.6 Å². The van der Waals surface area contributed by atoms with Crippen LogP contribution in [-0.2, 0) is 13.0 Å². The number of nitrogens with zero attached hydrogens (tertiary/aromatic N) is 1. The summed E-state index contributed by atoms with van der Waals surface area (Å²) in [4.78, 5) is 10.8. The average molecular weight is 150 g/mol. The minimum Gasteiger partial charge on any atom is -0.364 e. The number of aromatic nitrogens is 1. The predicted octanol–water partition coefficient (Wildman–Crippen LogP) is 0.533. The zero-order valence-electron chi connectivity index (χ0n) is 6.21. The number of hydrogen-bond donors (Lipinski definition) is 1. The summed E-state index contributed by atoms with van der Waals surface area (Å²) in [5.74, 6) is -0.321. The maximum atomic E-state index is 10.8. The molecule has 0 saturated heterocycles. The second kappa shape index (κ2) is 2.12. The Labute approximate surface area is 64.8 Å². The van der Waals surface area contributed by atoms with Crippen molar-refractivity contribution < 1.29 is 4.79 Å². The number of amides is 1. The Morgan fingerprint density at radius 2 is 2.36 bits per heavy atom. The molecule has 0 fully saturated rings. The van der Waals surface area contributed by atoms with E-state index in [4.69, 9.17) is 5.73 Å². The Morgan fingerprint density at radius 1 is 1.55 bits per heavy atom. The standard InChI is InChI=1S/C8H10N2O/c9-8(11)7-4-3-6-2-1-5-10(6)7/h3-4H,1-2,5H2,(H2,9,11). The quantitative estimate of drug-likeness (QED) is 0.623. The summed E-state index contributed by atoms with van der Waals surface area (Å²) in [6.07, 6.45) is 2.21. The van der Waals surface area contributed by atoms with Crippen molar-refractivity contribution in [3.8, 4) is 0 Å². The lowest BCUT2D eigenvalue weighted by Crippen LogP contribution is -2.15. The molecule has 3 heteroatoms. The number of carbonyl (C=O) groups is 1. The topological polar surface area (TPSA) is 48.0 Å². The smallest absolute Gasteiger partial charge is 0.265 e. The number of fused-ring (bicyclic) bond motifs is 1. The van der Waals surface area contributed by atoms with Crippen molar-refractivity contribution in [2.24, 2.45) is 5.73 Å². The highest BCUT2D eigenvalue weighted by atomic mass is 16.1. The summed E-state index contributed by atoms with van der Waals surface area (Å²) in [5, 5.41) is 0. The van der Waals surface area contributed by atoms with Gasteiger partial charge in [0.25, 0.3) is 5.91 Å². The molecule has 11 heavy (non-hydrogen) atoms. The number of primary amides is 1. The van der Waals surface area contributed by atoms with E-state index in [0.717, 1.165) is 19.4 Å². The third-order valence-electron chi connectivity index (χ3n) is 2.14. The van der Waals surface area contributed by atoms with Crippen molar-refractivity contribution in [3.63, 3.8) is 0 Å². The molecule has 0 unspecified atom stereocenters. The summed E-state index contributed by atoms with van der Waals surface area (Å²) in [7, 11) is 0. The Kier molecular flexibility index (Phi) is 1.24. The Hall–Kier alpha value is -1.25. The van der Waals surface area contributed by atoms with Gasteiger partial charge >= 0.3 is 0 Å². The van der Waals surface area contributed by atoms with Crippen LogP contribution in [0.4, 0.5) is 0 Å². The average Bonchev–Trinajstić information content (AvgIpc) is 2.41. The van der Waals surface area contributed by atoms with E-state index in [9.17, 15) is 4.79 Å². The fraction of sp³-hybridized carbons (Fsp3) is 0.375. The summed E-state index contributed by atoms with van der Waals surface area (Å²) in [5.41, 5.74) is 7.06. The van der Waals surface area contributed by atoms with Crippen LogP contribution >= 0.6 is 0 Å². The molecule has 2 rings (SSSR count). The maximum Gasteiger partial charge on any atom is 0.265 e. The van der Waals surface area contributed by atoms with E-state index in [1.165, 1.54) is 5.69 Å². The molecular weight excluding hydrogens is 140 g/mol. The van der Waals surface area contributed by atoms with Crippen molar-refractivity contribution in [2.45, 2.75) is 19.4 Å². The molecule has 2 N–H and O–H groups in total. The molecule has 1 amide bonds. The third-order valence-corrected chi connectivity index (χ3v) is 2.14. The molecule has 0 radical (unpaired) electrons. The van der Waals surface area contributed by atoms with Crippen molar-refractivity contribution in [2.75, 3.05) is 0 Å². The van der Waals surface area contributed by atoms with Gasteiger partial charge in [-0.25, -0.2) is 0 Å². The molecule has 0 aromatic carbocycles. The van der Waals surface area contributed by atoms with Gasteiger partial charge in [0.2, 0.25) is 0 Å². The number of aryl methyl sites for hydroxylation is 1. The van der Waals surface area contributed by atoms with Crippen molar-refractivity contribution >= 4 is 5.91 Å². The first-order chi connectivity index (χ1) is 5.29. The van der Waals surface area contributed by atoms with Crippen LogP contribution in [0.1, 0.15) is 22.6 Å². The van der Waals surface area contributed by atoms with Crippen LogP contribution in [0, 0.1) is 0 Å². The van der Waals surface area contributed by atoms with Gasteiger partial charge in [-0.15, -0.1) is 0 Å². The Bertz CT molecular complexity index is 301. The first-order valence-corrected chi connectivity index (χ1v) is 3.77. The predicted molar refractivity (Wildman–Crippen MR) is 41.3 cm³/mol. The molecule has 1 aliphatic heterocycles. The molecule has 0 atom stereocenters. The molecule has 1 aromatic rings. The Morgan fingerprint density at radius 3 is 3.09 bits per heavy atom. The van der Waals surface area contributed by atoms with E-state index < -0.39 is 0 Å². The molecule has 0 saturated carbocycles. The van der Waals surface area contributed by atoms with E-state index in [-0.39, 0.29) is 5.91 Å². The van der Waals surface area contributed by atoms with E-state index in [2.05, 4.69) is 0 Å². The first kappa shape index (κ1) is 6.46. The largest absolute Gasteiger partial charge is 0.364 e. The van der Waals surface area contributed by atoms with Gasteiger partial charge in [-0.3, -0.25) is 4.79 Å². The zero-order chi connectivity index (χ0) is 7.84. The zero-order valence-corrected chi connectivity index (χ0v) is 6.21. The number of carbonyl (C=O) groups excluding carboxylic acids is 1. The normalized spacial score (nSPS) is 14.9. The summed E-state index contributed by atoms with van der Waals surface area (Å²) in [6, 6.07) is 3.78. The van der Waals surface area contributed by atoms with Gasteiger partial charge < -0.3 is 10.3 Å². The molecule has 1 aromatic heterocycles. The van der Waals surface area contributed by atoms with Crippen LogP contribution in [0.15, 0.2) is 12.1 Å². The van der Waals surface area contributed by atoms with E-state index >= 15 is 0 Å². The highest BCUT2D eigenvalue weighted by molar-refractivity contribution is 5.91. The second-order valence-corrected chi connectivity index (χ2v) is 2.83. The van der Waals surface area contributed by atoms with Gasteiger partial charge in [-0.05, 0) is 25.0 Å². The first-order valence-electron chi connectivity index (χ1n) is 3.77. The number of nitrogens with two attached hydrogens (primary N) is 1. The molecule has 1 aliphatic rings. The minimum absolute atomic E-state index is 0.321. The van der Waals surface area contributed by atoms with Crippen LogP contribution in [-0.4, -0.2) is 10.5 Å². The number of rotatable bonds is 1. The van der Waals surface area contributed by atoms with Crippen LogP contribution in [0.25, 0.3) is 0 Å². The molecule has 0 spiro atoms. The van der Waals surface area contributed by atoms with E-state index in [0.29, 0.717) is 5.69 Å².